The molecule has 0 saturated heterocycles. The topological polar surface area (TPSA) is 122 Å². The molecular weight excluding hydrogens is 481 g/mol. The molecule has 1 heterocycles. The number of hydroxylamine groups is 1. The molecule has 0 fully saturated rings. The number of aromatic nitrogens is 1. The maximum absolute atomic E-state index is 13.1. The molecule has 0 aliphatic rings. The second-order valence-corrected chi connectivity index (χ2v) is 7.55. The fourth-order valence-corrected chi connectivity index (χ4v) is 3.04. The smallest absolute Gasteiger partial charge is 0.416 e. The SMILES string of the molecule is Cc1ccc(NC(=O)Nc2ccc(Oc3ccnc(OCCCC(=O)NO)c3)cc2)cc1C(F)(F)F. The minimum Gasteiger partial charge on any atom is -0.478 e. The zero-order valence-corrected chi connectivity index (χ0v) is 19.1. The summed E-state index contributed by atoms with van der Waals surface area (Å²) in [5, 5.41) is 13.4. The van der Waals surface area contributed by atoms with Crippen LogP contribution in [-0.2, 0) is 11.0 Å². The molecule has 1 aromatic heterocycles. The van der Waals surface area contributed by atoms with Crippen molar-refractivity contribution in [1.82, 2.24) is 10.5 Å². The summed E-state index contributed by atoms with van der Waals surface area (Å²) in [7, 11) is 0. The maximum atomic E-state index is 13.1. The number of pyridine rings is 1. The van der Waals surface area contributed by atoms with Crippen molar-refractivity contribution in [2.75, 3.05) is 17.2 Å². The maximum Gasteiger partial charge on any atom is 0.416 e. The summed E-state index contributed by atoms with van der Waals surface area (Å²) in [6, 6.07) is 12.3. The third kappa shape index (κ3) is 7.87. The lowest BCUT2D eigenvalue weighted by Crippen LogP contribution is -2.20. The number of nitrogens with one attached hydrogen (secondary N) is 3. The van der Waals surface area contributed by atoms with Crippen LogP contribution in [0.1, 0.15) is 24.0 Å². The molecule has 9 nitrogen and oxygen atoms in total. The van der Waals surface area contributed by atoms with Crippen molar-refractivity contribution in [3.63, 3.8) is 0 Å². The Labute approximate surface area is 204 Å². The van der Waals surface area contributed by atoms with Crippen molar-refractivity contribution in [2.24, 2.45) is 0 Å². The van der Waals surface area contributed by atoms with E-state index in [0.717, 1.165) is 6.07 Å². The summed E-state index contributed by atoms with van der Waals surface area (Å²) in [5.41, 5.74) is 1.19. The Morgan fingerprint density at radius 3 is 2.36 bits per heavy atom. The van der Waals surface area contributed by atoms with Gasteiger partial charge in [0.2, 0.25) is 11.8 Å². The second-order valence-electron chi connectivity index (χ2n) is 7.55. The number of rotatable bonds is 9. The van der Waals surface area contributed by atoms with E-state index in [-0.39, 0.29) is 30.2 Å². The summed E-state index contributed by atoms with van der Waals surface area (Å²) >= 11 is 0. The summed E-state index contributed by atoms with van der Waals surface area (Å²) in [4.78, 5) is 27.3. The summed E-state index contributed by atoms with van der Waals surface area (Å²) in [5.74, 6) is 0.666. The highest BCUT2D eigenvalue weighted by Crippen LogP contribution is 2.33. The van der Waals surface area contributed by atoms with Gasteiger partial charge in [0.1, 0.15) is 11.5 Å². The average Bonchev–Trinajstić information content (AvgIpc) is 2.83. The van der Waals surface area contributed by atoms with E-state index < -0.39 is 23.7 Å². The van der Waals surface area contributed by atoms with Crippen molar-refractivity contribution >= 4 is 23.3 Å². The lowest BCUT2D eigenvalue weighted by atomic mass is 10.1. The minimum atomic E-state index is -4.52. The van der Waals surface area contributed by atoms with Gasteiger partial charge in [-0.2, -0.15) is 13.2 Å². The van der Waals surface area contributed by atoms with E-state index in [9.17, 15) is 22.8 Å². The molecular formula is C24H23F3N4O5. The van der Waals surface area contributed by atoms with Crippen LogP contribution in [0.2, 0.25) is 0 Å². The molecule has 0 aliphatic carbocycles. The Kier molecular flexibility index (Phi) is 8.68. The van der Waals surface area contributed by atoms with E-state index in [2.05, 4.69) is 15.6 Å². The average molecular weight is 504 g/mol. The van der Waals surface area contributed by atoms with E-state index in [0.29, 0.717) is 23.6 Å². The van der Waals surface area contributed by atoms with E-state index in [1.807, 2.05) is 0 Å². The lowest BCUT2D eigenvalue weighted by Gasteiger charge is -2.13. The summed E-state index contributed by atoms with van der Waals surface area (Å²) in [6.45, 7) is 1.56. The first-order valence-electron chi connectivity index (χ1n) is 10.7. The third-order valence-electron chi connectivity index (χ3n) is 4.78. The van der Waals surface area contributed by atoms with Crippen molar-refractivity contribution in [1.29, 1.82) is 0 Å². The van der Waals surface area contributed by atoms with Gasteiger partial charge < -0.3 is 20.1 Å². The molecule has 3 amide bonds. The highest BCUT2D eigenvalue weighted by atomic mass is 19.4. The predicted octanol–water partition coefficient (Wildman–Crippen LogP) is 5.51. The molecule has 0 unspecified atom stereocenters. The number of nitrogens with zero attached hydrogens (tertiary/aromatic N) is 1. The number of hydrogen-bond donors (Lipinski definition) is 4. The number of carbonyl (C=O) groups excluding carboxylic acids is 2. The first-order chi connectivity index (χ1) is 17.1. The molecule has 0 spiro atoms. The number of carbonyl (C=O) groups is 2. The molecule has 2 aromatic carbocycles. The molecule has 12 heteroatoms. The number of ether oxygens (including phenoxy) is 2. The van der Waals surface area contributed by atoms with Crippen LogP contribution in [0.15, 0.2) is 60.8 Å². The van der Waals surface area contributed by atoms with Crippen molar-refractivity contribution in [3.8, 4) is 17.4 Å². The van der Waals surface area contributed by atoms with Gasteiger partial charge in [-0.1, -0.05) is 6.07 Å². The van der Waals surface area contributed by atoms with Gasteiger partial charge in [0.25, 0.3) is 0 Å². The van der Waals surface area contributed by atoms with Crippen LogP contribution in [0.4, 0.5) is 29.3 Å². The number of urea groups is 1. The van der Waals surface area contributed by atoms with Crippen LogP contribution in [0, 0.1) is 6.92 Å². The Bertz CT molecular complexity index is 1200. The first-order valence-corrected chi connectivity index (χ1v) is 10.7. The van der Waals surface area contributed by atoms with Crippen LogP contribution in [0.25, 0.3) is 0 Å². The quantitative estimate of drug-likeness (QED) is 0.173. The van der Waals surface area contributed by atoms with Gasteiger partial charge in [0, 0.05) is 30.1 Å². The van der Waals surface area contributed by atoms with E-state index in [4.69, 9.17) is 14.7 Å². The number of alkyl halides is 3. The van der Waals surface area contributed by atoms with Gasteiger partial charge in [-0.25, -0.2) is 15.3 Å². The number of anilines is 2. The number of amides is 3. The van der Waals surface area contributed by atoms with Crippen LogP contribution in [-0.4, -0.2) is 28.7 Å². The minimum absolute atomic E-state index is 0.0118. The van der Waals surface area contributed by atoms with Crippen molar-refractivity contribution in [2.45, 2.75) is 25.9 Å². The highest BCUT2D eigenvalue weighted by molar-refractivity contribution is 5.99. The van der Waals surface area contributed by atoms with Crippen LogP contribution in [0.5, 0.6) is 17.4 Å². The normalized spacial score (nSPS) is 10.9. The molecule has 190 valence electrons. The Balaban J connectivity index is 1.53. The van der Waals surface area contributed by atoms with Gasteiger partial charge in [0.05, 0.1) is 12.2 Å². The monoisotopic (exact) mass is 504 g/mol. The number of hydrogen-bond acceptors (Lipinski definition) is 6. The van der Waals surface area contributed by atoms with Gasteiger partial charge in [0.15, 0.2) is 0 Å². The number of aryl methyl sites for hydroxylation is 1. The van der Waals surface area contributed by atoms with E-state index in [1.165, 1.54) is 30.7 Å². The predicted molar refractivity (Wildman–Crippen MR) is 124 cm³/mol. The summed E-state index contributed by atoms with van der Waals surface area (Å²) < 4.78 is 50.4. The Morgan fingerprint density at radius 2 is 1.67 bits per heavy atom. The van der Waals surface area contributed by atoms with E-state index in [1.54, 1.807) is 36.4 Å². The summed E-state index contributed by atoms with van der Waals surface area (Å²) in [6.07, 6.45) is -2.55. The van der Waals surface area contributed by atoms with Crippen molar-refractivity contribution < 1.29 is 37.4 Å². The molecule has 0 atom stereocenters. The van der Waals surface area contributed by atoms with Crippen LogP contribution < -0.4 is 25.6 Å². The molecule has 3 rings (SSSR count). The molecule has 36 heavy (non-hydrogen) atoms. The first kappa shape index (κ1) is 26.3. The fraction of sp³-hybridized carbons (Fsp3) is 0.208. The van der Waals surface area contributed by atoms with E-state index >= 15 is 0 Å². The molecule has 0 saturated carbocycles. The van der Waals surface area contributed by atoms with Gasteiger partial charge in [-0.3, -0.25) is 10.0 Å². The molecule has 3 aromatic rings. The zero-order valence-electron chi connectivity index (χ0n) is 19.1. The molecule has 0 radical (unpaired) electrons. The number of benzene rings is 2. The standard InChI is InChI=1S/C24H23F3N4O5/c1-15-4-5-17(13-20(15)24(25,26)27)30-23(33)29-16-6-8-18(9-7-16)36-19-10-11-28-22(14-19)35-12-2-3-21(32)31-34/h4-11,13-14,34H,2-3,12H2,1H3,(H,31,32)(H2,29,30,33). The Morgan fingerprint density at radius 1 is 0.972 bits per heavy atom. The van der Waals surface area contributed by atoms with Gasteiger partial charge in [-0.15, -0.1) is 0 Å². The fourth-order valence-electron chi connectivity index (χ4n) is 3.04. The number of halogens is 3. The van der Waals surface area contributed by atoms with Crippen molar-refractivity contribution in [3.05, 3.63) is 71.9 Å². The van der Waals surface area contributed by atoms with Crippen LogP contribution in [0.3, 0.4) is 0 Å². The van der Waals surface area contributed by atoms with Crippen LogP contribution >= 0.6 is 0 Å². The van der Waals surface area contributed by atoms with Gasteiger partial charge in [-0.05, 0) is 61.4 Å². The Hall–Kier alpha value is -4.32. The zero-order chi connectivity index (χ0) is 26.1. The highest BCUT2D eigenvalue weighted by Gasteiger charge is 2.32. The largest absolute Gasteiger partial charge is 0.478 e. The second kappa shape index (κ2) is 11.9. The lowest BCUT2D eigenvalue weighted by molar-refractivity contribution is -0.138. The third-order valence-corrected chi connectivity index (χ3v) is 4.78. The molecule has 4 N–H and O–H groups in total. The van der Waals surface area contributed by atoms with Gasteiger partial charge >= 0.3 is 12.2 Å². The molecule has 0 aliphatic heterocycles. The molecule has 0 bridgehead atoms.